The van der Waals surface area contributed by atoms with Crippen molar-refractivity contribution in [2.45, 2.75) is 6.42 Å². The molecule has 0 saturated carbocycles. The summed E-state index contributed by atoms with van der Waals surface area (Å²) in [7, 11) is 3.21. The maximum atomic E-state index is 10.2. The summed E-state index contributed by atoms with van der Waals surface area (Å²) in [6.45, 7) is 0. The lowest BCUT2D eigenvalue weighted by Gasteiger charge is -2.09. The number of ether oxygens (including phenoxy) is 2. The van der Waals surface area contributed by atoms with Crippen LogP contribution in [0.15, 0.2) is 24.3 Å². The third-order valence-corrected chi connectivity index (χ3v) is 1.98. The zero-order chi connectivity index (χ0) is 11.1. The van der Waals surface area contributed by atoms with Gasteiger partial charge in [-0.1, -0.05) is 18.2 Å². The summed E-state index contributed by atoms with van der Waals surface area (Å²) in [5, 5.41) is 0. The molecule has 0 aliphatic heterocycles. The van der Waals surface area contributed by atoms with E-state index in [1.807, 2.05) is 24.3 Å². The van der Waals surface area contributed by atoms with E-state index in [1.165, 1.54) is 0 Å². The van der Waals surface area contributed by atoms with E-state index in [9.17, 15) is 4.79 Å². The van der Waals surface area contributed by atoms with Gasteiger partial charge in [0, 0.05) is 6.42 Å². The van der Waals surface area contributed by atoms with Gasteiger partial charge in [0.25, 0.3) is 0 Å². The smallest absolute Gasteiger partial charge is 0.129 e. The lowest BCUT2D eigenvalue weighted by atomic mass is 10.1. The standard InChI is InChI=1S/C12H14O3/c1-14-11-7-5-8-12(15-2)10(11)6-3-4-9-13/h3,5-9H,4H2,1-2H3/b6-3+. The summed E-state index contributed by atoms with van der Waals surface area (Å²) in [5.41, 5.74) is 0.851. The van der Waals surface area contributed by atoms with Crippen LogP contribution in [0.2, 0.25) is 0 Å². The predicted octanol–water partition coefficient (Wildman–Crippen LogP) is 2.31. The molecular formula is C12H14O3. The van der Waals surface area contributed by atoms with E-state index in [2.05, 4.69) is 0 Å². The SMILES string of the molecule is COc1cccc(OC)c1/C=C/CC=O. The minimum absolute atomic E-state index is 0.390. The molecule has 0 bridgehead atoms. The van der Waals surface area contributed by atoms with E-state index in [1.54, 1.807) is 20.3 Å². The van der Waals surface area contributed by atoms with Crippen LogP contribution in [0.25, 0.3) is 6.08 Å². The summed E-state index contributed by atoms with van der Waals surface area (Å²) in [6.07, 6.45) is 4.83. The maximum absolute atomic E-state index is 10.2. The van der Waals surface area contributed by atoms with E-state index < -0.39 is 0 Å². The van der Waals surface area contributed by atoms with Crippen molar-refractivity contribution in [3.05, 3.63) is 29.8 Å². The Morgan fingerprint density at radius 2 is 1.80 bits per heavy atom. The molecule has 0 amide bonds. The van der Waals surface area contributed by atoms with Gasteiger partial charge in [-0.05, 0) is 12.1 Å². The van der Waals surface area contributed by atoms with Gasteiger partial charge in [-0.25, -0.2) is 0 Å². The topological polar surface area (TPSA) is 35.5 Å². The normalized spacial score (nSPS) is 10.3. The van der Waals surface area contributed by atoms with Gasteiger partial charge in [0.15, 0.2) is 0 Å². The van der Waals surface area contributed by atoms with Crippen molar-refractivity contribution in [2.75, 3.05) is 14.2 Å². The molecule has 0 saturated heterocycles. The Morgan fingerprint density at radius 3 is 2.27 bits per heavy atom. The van der Waals surface area contributed by atoms with Crippen molar-refractivity contribution >= 4 is 12.4 Å². The summed E-state index contributed by atoms with van der Waals surface area (Å²) in [6, 6.07) is 5.56. The Morgan fingerprint density at radius 1 is 1.20 bits per heavy atom. The molecular weight excluding hydrogens is 192 g/mol. The molecule has 0 fully saturated rings. The van der Waals surface area contributed by atoms with Crippen LogP contribution in [-0.4, -0.2) is 20.5 Å². The number of aldehydes is 1. The van der Waals surface area contributed by atoms with Gasteiger partial charge in [-0.15, -0.1) is 0 Å². The molecule has 0 aromatic heterocycles. The van der Waals surface area contributed by atoms with Crippen LogP contribution in [0.1, 0.15) is 12.0 Å². The van der Waals surface area contributed by atoms with Crippen molar-refractivity contribution in [1.29, 1.82) is 0 Å². The highest BCUT2D eigenvalue weighted by Gasteiger charge is 2.05. The molecule has 0 aliphatic carbocycles. The van der Waals surface area contributed by atoms with E-state index >= 15 is 0 Å². The quantitative estimate of drug-likeness (QED) is 0.693. The van der Waals surface area contributed by atoms with Gasteiger partial charge >= 0.3 is 0 Å². The van der Waals surface area contributed by atoms with Crippen molar-refractivity contribution in [2.24, 2.45) is 0 Å². The minimum Gasteiger partial charge on any atom is -0.496 e. The molecule has 1 aromatic rings. The van der Waals surface area contributed by atoms with Gasteiger partial charge in [-0.2, -0.15) is 0 Å². The molecule has 0 spiro atoms. The van der Waals surface area contributed by atoms with Crippen molar-refractivity contribution < 1.29 is 14.3 Å². The van der Waals surface area contributed by atoms with Crippen molar-refractivity contribution in [3.8, 4) is 11.5 Å². The molecule has 15 heavy (non-hydrogen) atoms. The number of hydrogen-bond acceptors (Lipinski definition) is 3. The molecule has 1 aromatic carbocycles. The number of carbonyl (C=O) groups excluding carboxylic acids is 1. The first-order valence-electron chi connectivity index (χ1n) is 4.64. The molecule has 0 heterocycles. The maximum Gasteiger partial charge on any atom is 0.129 e. The lowest BCUT2D eigenvalue weighted by Crippen LogP contribution is -1.91. The van der Waals surface area contributed by atoms with Crippen molar-refractivity contribution in [1.82, 2.24) is 0 Å². The predicted molar refractivity (Wildman–Crippen MR) is 59.3 cm³/mol. The highest BCUT2D eigenvalue weighted by Crippen LogP contribution is 2.29. The molecule has 0 aliphatic rings. The fourth-order valence-corrected chi connectivity index (χ4v) is 1.29. The Bertz CT molecular complexity index is 334. The third kappa shape index (κ3) is 2.84. The molecule has 1 rings (SSSR count). The first kappa shape index (κ1) is 11.3. The average Bonchev–Trinajstić information content (AvgIpc) is 2.29. The highest BCUT2D eigenvalue weighted by atomic mass is 16.5. The first-order valence-corrected chi connectivity index (χ1v) is 4.64. The van der Waals surface area contributed by atoms with E-state index in [-0.39, 0.29) is 0 Å². The largest absolute Gasteiger partial charge is 0.496 e. The van der Waals surface area contributed by atoms with Crippen LogP contribution in [0.3, 0.4) is 0 Å². The van der Waals surface area contributed by atoms with Crippen LogP contribution in [0, 0.1) is 0 Å². The Kier molecular flexibility index (Phi) is 4.41. The zero-order valence-electron chi connectivity index (χ0n) is 8.90. The minimum atomic E-state index is 0.390. The van der Waals surface area contributed by atoms with Crippen LogP contribution in [0.5, 0.6) is 11.5 Å². The van der Waals surface area contributed by atoms with Gasteiger partial charge < -0.3 is 14.3 Å². The van der Waals surface area contributed by atoms with E-state index in [4.69, 9.17) is 9.47 Å². The van der Waals surface area contributed by atoms with Gasteiger partial charge in [-0.3, -0.25) is 0 Å². The molecule has 0 atom stereocenters. The summed E-state index contributed by atoms with van der Waals surface area (Å²) < 4.78 is 10.4. The summed E-state index contributed by atoms with van der Waals surface area (Å²) >= 11 is 0. The number of carbonyl (C=O) groups is 1. The molecule has 80 valence electrons. The number of allylic oxidation sites excluding steroid dienone is 1. The summed E-state index contributed by atoms with van der Waals surface area (Å²) in [4.78, 5) is 10.2. The summed E-state index contributed by atoms with van der Waals surface area (Å²) in [5.74, 6) is 1.47. The first-order chi connectivity index (χ1) is 7.33. The molecule has 3 nitrogen and oxygen atoms in total. The number of benzene rings is 1. The van der Waals surface area contributed by atoms with Gasteiger partial charge in [0.1, 0.15) is 17.8 Å². The van der Waals surface area contributed by atoms with Gasteiger partial charge in [0.2, 0.25) is 0 Å². The van der Waals surface area contributed by atoms with E-state index in [0.717, 1.165) is 23.3 Å². The van der Waals surface area contributed by atoms with Crippen molar-refractivity contribution in [3.63, 3.8) is 0 Å². The zero-order valence-corrected chi connectivity index (χ0v) is 8.90. The average molecular weight is 206 g/mol. The second-order valence-electron chi connectivity index (χ2n) is 2.88. The van der Waals surface area contributed by atoms with Crippen LogP contribution in [0.4, 0.5) is 0 Å². The van der Waals surface area contributed by atoms with Crippen LogP contribution in [-0.2, 0) is 4.79 Å². The molecule has 3 heteroatoms. The second-order valence-corrected chi connectivity index (χ2v) is 2.88. The third-order valence-electron chi connectivity index (χ3n) is 1.98. The number of rotatable bonds is 5. The van der Waals surface area contributed by atoms with Crippen LogP contribution < -0.4 is 9.47 Å². The highest BCUT2D eigenvalue weighted by molar-refractivity contribution is 5.66. The molecule has 0 unspecified atom stereocenters. The molecule has 0 radical (unpaired) electrons. The Labute approximate surface area is 89.3 Å². The monoisotopic (exact) mass is 206 g/mol. The van der Waals surface area contributed by atoms with Gasteiger partial charge in [0.05, 0.1) is 19.8 Å². The number of methoxy groups -OCH3 is 2. The Balaban J connectivity index is 3.04. The molecule has 0 N–H and O–H groups in total. The Hall–Kier alpha value is -1.77. The van der Waals surface area contributed by atoms with Crippen LogP contribution >= 0.6 is 0 Å². The second kappa shape index (κ2) is 5.86. The lowest BCUT2D eigenvalue weighted by molar-refractivity contribution is -0.107. The van der Waals surface area contributed by atoms with E-state index in [0.29, 0.717) is 6.42 Å². The number of hydrogen-bond donors (Lipinski definition) is 0. The fraction of sp³-hybridized carbons (Fsp3) is 0.250. The fourth-order valence-electron chi connectivity index (χ4n) is 1.29.